The van der Waals surface area contributed by atoms with Gasteiger partial charge >= 0.3 is 0 Å². The predicted molar refractivity (Wildman–Crippen MR) is 120 cm³/mol. The van der Waals surface area contributed by atoms with Crippen LogP contribution in [0, 0.1) is 5.92 Å². The first-order chi connectivity index (χ1) is 14.8. The van der Waals surface area contributed by atoms with E-state index in [1.54, 1.807) is 11.8 Å². The van der Waals surface area contributed by atoms with E-state index in [4.69, 9.17) is 11.6 Å². The normalized spacial score (nSPS) is 21.5. The lowest BCUT2D eigenvalue weighted by molar-refractivity contribution is -0.119. The van der Waals surface area contributed by atoms with Crippen molar-refractivity contribution in [3.63, 3.8) is 0 Å². The molecule has 2 fully saturated rings. The zero-order valence-corrected chi connectivity index (χ0v) is 18.8. The minimum Gasteiger partial charge on any atom is -0.336 e. The summed E-state index contributed by atoms with van der Waals surface area (Å²) in [7, 11) is -3.72. The van der Waals surface area contributed by atoms with Gasteiger partial charge in [-0.05, 0) is 23.8 Å². The second-order valence-corrected chi connectivity index (χ2v) is 10.3. The highest BCUT2D eigenvalue weighted by Crippen LogP contribution is 2.32. The molecule has 0 spiro atoms. The van der Waals surface area contributed by atoms with Gasteiger partial charge < -0.3 is 4.90 Å². The van der Waals surface area contributed by atoms with Crippen LogP contribution in [0.3, 0.4) is 0 Å². The van der Waals surface area contributed by atoms with Gasteiger partial charge in [0.2, 0.25) is 15.9 Å². The highest BCUT2D eigenvalue weighted by atomic mass is 35.5. The standard InChI is InChI=1S/C22H24ClN3O4S/c1-16-15-31(29,30)26(21(16)27)18-7-8-19(20(23)13-18)22(28)25-11-9-24(10-12-25)14-17-5-3-2-4-6-17/h2-8,13,16H,9-12,14-15H2,1H3/t16-/m1/s1. The number of hydrogen-bond donors (Lipinski definition) is 0. The van der Waals surface area contributed by atoms with Crippen LogP contribution in [0.1, 0.15) is 22.8 Å². The Morgan fingerprint density at radius 3 is 2.32 bits per heavy atom. The second kappa shape index (κ2) is 8.61. The number of hydrogen-bond acceptors (Lipinski definition) is 5. The molecule has 164 valence electrons. The van der Waals surface area contributed by atoms with Crippen molar-refractivity contribution < 1.29 is 18.0 Å². The van der Waals surface area contributed by atoms with Gasteiger partial charge in [0.15, 0.2) is 0 Å². The quantitative estimate of drug-likeness (QED) is 0.699. The van der Waals surface area contributed by atoms with Crippen LogP contribution in [0.5, 0.6) is 0 Å². The van der Waals surface area contributed by atoms with Crippen molar-refractivity contribution in [2.75, 3.05) is 36.2 Å². The van der Waals surface area contributed by atoms with E-state index in [0.29, 0.717) is 18.7 Å². The van der Waals surface area contributed by atoms with Crippen LogP contribution in [-0.2, 0) is 21.4 Å². The molecule has 2 aliphatic heterocycles. The fourth-order valence-electron chi connectivity index (χ4n) is 4.01. The van der Waals surface area contributed by atoms with E-state index in [1.807, 2.05) is 18.2 Å². The van der Waals surface area contributed by atoms with E-state index in [0.717, 1.165) is 23.9 Å². The zero-order chi connectivity index (χ0) is 22.2. The Morgan fingerprint density at radius 1 is 1.06 bits per heavy atom. The Bertz CT molecular complexity index is 1100. The van der Waals surface area contributed by atoms with Crippen molar-refractivity contribution in [3.05, 3.63) is 64.7 Å². The van der Waals surface area contributed by atoms with Crippen LogP contribution in [0.2, 0.25) is 5.02 Å². The van der Waals surface area contributed by atoms with Crippen LogP contribution in [0.15, 0.2) is 48.5 Å². The highest BCUT2D eigenvalue weighted by Gasteiger charge is 2.42. The van der Waals surface area contributed by atoms with Gasteiger partial charge in [0.1, 0.15) is 0 Å². The third-order valence-corrected chi connectivity index (χ3v) is 7.87. The molecule has 31 heavy (non-hydrogen) atoms. The molecule has 9 heteroatoms. The average Bonchev–Trinajstić information content (AvgIpc) is 2.95. The largest absolute Gasteiger partial charge is 0.336 e. The molecule has 0 aromatic heterocycles. The summed E-state index contributed by atoms with van der Waals surface area (Å²) in [5.41, 5.74) is 1.71. The Hall–Kier alpha value is -2.42. The van der Waals surface area contributed by atoms with Crippen molar-refractivity contribution in [3.8, 4) is 0 Å². The number of benzene rings is 2. The third-order valence-electron chi connectivity index (χ3n) is 5.69. The maximum absolute atomic E-state index is 13.0. The summed E-state index contributed by atoms with van der Waals surface area (Å²) in [5.74, 6) is -1.50. The maximum atomic E-state index is 13.0. The molecule has 2 heterocycles. The van der Waals surface area contributed by atoms with Gasteiger partial charge in [-0.1, -0.05) is 48.9 Å². The van der Waals surface area contributed by atoms with Crippen molar-refractivity contribution in [1.82, 2.24) is 9.80 Å². The monoisotopic (exact) mass is 461 g/mol. The van der Waals surface area contributed by atoms with Gasteiger partial charge in [0.25, 0.3) is 5.91 Å². The molecule has 0 radical (unpaired) electrons. The molecule has 2 aromatic carbocycles. The van der Waals surface area contributed by atoms with Crippen molar-refractivity contribution in [2.45, 2.75) is 13.5 Å². The molecule has 1 atom stereocenters. The molecule has 0 unspecified atom stereocenters. The summed E-state index contributed by atoms with van der Waals surface area (Å²) >= 11 is 6.34. The lowest BCUT2D eigenvalue weighted by Gasteiger charge is -2.35. The fraction of sp³-hybridized carbons (Fsp3) is 0.364. The SMILES string of the molecule is C[C@@H]1CS(=O)(=O)N(c2ccc(C(=O)N3CCN(Cc4ccccc4)CC3)c(Cl)c2)C1=O. The Balaban J connectivity index is 1.43. The maximum Gasteiger partial charge on any atom is 0.255 e. The van der Waals surface area contributed by atoms with Gasteiger partial charge in [0.05, 0.1) is 27.9 Å². The number of carbonyl (C=O) groups excluding carboxylic acids is 2. The first kappa shape index (κ1) is 21.8. The first-order valence-corrected chi connectivity index (χ1v) is 12.2. The van der Waals surface area contributed by atoms with E-state index in [2.05, 4.69) is 17.0 Å². The first-order valence-electron chi connectivity index (χ1n) is 10.2. The van der Waals surface area contributed by atoms with Crippen LogP contribution < -0.4 is 4.31 Å². The van der Waals surface area contributed by atoms with Crippen molar-refractivity contribution in [1.29, 1.82) is 0 Å². The number of carbonyl (C=O) groups is 2. The smallest absolute Gasteiger partial charge is 0.255 e. The third kappa shape index (κ3) is 4.46. The molecule has 0 bridgehead atoms. The number of anilines is 1. The van der Waals surface area contributed by atoms with Crippen LogP contribution in [0.25, 0.3) is 0 Å². The van der Waals surface area contributed by atoms with Gasteiger partial charge in [-0.25, -0.2) is 12.7 Å². The van der Waals surface area contributed by atoms with Crippen molar-refractivity contribution in [2.24, 2.45) is 5.92 Å². The lowest BCUT2D eigenvalue weighted by Crippen LogP contribution is -2.48. The molecular weight excluding hydrogens is 438 g/mol. The van der Waals surface area contributed by atoms with Crippen LogP contribution in [0.4, 0.5) is 5.69 Å². The zero-order valence-electron chi connectivity index (χ0n) is 17.2. The molecule has 2 aromatic rings. The summed E-state index contributed by atoms with van der Waals surface area (Å²) in [4.78, 5) is 29.3. The number of halogens is 1. The lowest BCUT2D eigenvalue weighted by atomic mass is 10.1. The molecule has 0 aliphatic carbocycles. The van der Waals surface area contributed by atoms with Crippen molar-refractivity contribution >= 4 is 39.1 Å². The van der Waals surface area contributed by atoms with Gasteiger partial charge in [0, 0.05) is 32.7 Å². The number of amides is 2. The number of rotatable bonds is 4. The van der Waals surface area contributed by atoms with Gasteiger partial charge in [-0.15, -0.1) is 0 Å². The minimum absolute atomic E-state index is 0.136. The Kier molecular flexibility index (Phi) is 6.05. The number of piperazine rings is 1. The molecule has 0 saturated carbocycles. The predicted octanol–water partition coefficient (Wildman–Crippen LogP) is 2.61. The van der Waals surface area contributed by atoms with Gasteiger partial charge in [-0.3, -0.25) is 14.5 Å². The van der Waals surface area contributed by atoms with E-state index in [9.17, 15) is 18.0 Å². The summed E-state index contributed by atoms with van der Waals surface area (Å²) in [5, 5.41) is 0.136. The number of nitrogens with zero attached hydrogens (tertiary/aromatic N) is 3. The molecule has 2 saturated heterocycles. The Labute approximate surface area is 187 Å². The van der Waals surface area contributed by atoms with E-state index < -0.39 is 21.8 Å². The molecule has 7 nitrogen and oxygen atoms in total. The van der Waals surface area contributed by atoms with Crippen LogP contribution in [-0.4, -0.2) is 62.0 Å². The number of sulfonamides is 1. The molecule has 0 N–H and O–H groups in total. The molecule has 2 aliphatic rings. The second-order valence-electron chi connectivity index (χ2n) is 8.00. The van der Waals surface area contributed by atoms with E-state index in [-0.39, 0.29) is 22.4 Å². The molecule has 4 rings (SSSR count). The summed E-state index contributed by atoms with van der Waals surface area (Å²) < 4.78 is 25.4. The fourth-order valence-corrected chi connectivity index (χ4v) is 6.08. The molecular formula is C22H24ClN3O4S. The van der Waals surface area contributed by atoms with Crippen LogP contribution >= 0.6 is 11.6 Å². The summed E-state index contributed by atoms with van der Waals surface area (Å²) in [6, 6.07) is 14.6. The summed E-state index contributed by atoms with van der Waals surface area (Å²) in [6.07, 6.45) is 0. The summed E-state index contributed by atoms with van der Waals surface area (Å²) in [6.45, 7) is 5.11. The minimum atomic E-state index is -3.72. The average molecular weight is 462 g/mol. The van der Waals surface area contributed by atoms with E-state index >= 15 is 0 Å². The molecule has 2 amide bonds. The topological polar surface area (TPSA) is 78.0 Å². The Morgan fingerprint density at radius 2 is 1.74 bits per heavy atom. The van der Waals surface area contributed by atoms with E-state index in [1.165, 1.54) is 23.8 Å². The highest BCUT2D eigenvalue weighted by molar-refractivity contribution is 7.94. The van der Waals surface area contributed by atoms with Gasteiger partial charge in [-0.2, -0.15) is 0 Å².